The van der Waals surface area contributed by atoms with E-state index in [1.165, 1.54) is 0 Å². The van der Waals surface area contributed by atoms with Crippen LogP contribution in [-0.4, -0.2) is 16.2 Å². The maximum absolute atomic E-state index is 13.0. The lowest BCUT2D eigenvalue weighted by atomic mass is 10.1. The predicted octanol–water partition coefficient (Wildman–Crippen LogP) is 4.43. The number of hydrogen-bond acceptors (Lipinski definition) is 3. The number of anilines is 1. The van der Waals surface area contributed by atoms with Crippen molar-refractivity contribution in [2.45, 2.75) is 13.5 Å². The van der Waals surface area contributed by atoms with Gasteiger partial charge in [-0.2, -0.15) is 5.10 Å². The van der Waals surface area contributed by atoms with Crippen molar-refractivity contribution in [1.82, 2.24) is 9.99 Å². The lowest BCUT2D eigenvalue weighted by Gasteiger charge is -2.10. The van der Waals surface area contributed by atoms with Gasteiger partial charge in [0.15, 0.2) is 0 Å². The number of hydrazone groups is 1. The van der Waals surface area contributed by atoms with Crippen molar-refractivity contribution in [3.8, 4) is 0 Å². The van der Waals surface area contributed by atoms with Gasteiger partial charge in [0.1, 0.15) is 5.69 Å². The van der Waals surface area contributed by atoms with E-state index in [1.807, 2.05) is 84.3 Å². The van der Waals surface area contributed by atoms with E-state index in [9.17, 15) is 4.79 Å². The quantitative estimate of drug-likeness (QED) is 0.305. The Morgan fingerprint density at radius 3 is 2.41 bits per heavy atom. The summed E-state index contributed by atoms with van der Waals surface area (Å²) in [6, 6.07) is 27.4. The molecule has 0 spiro atoms. The minimum absolute atomic E-state index is 0.244. The number of benzene rings is 3. The number of nitrogens with one attached hydrogen (secondary N) is 1. The van der Waals surface area contributed by atoms with E-state index in [0.717, 1.165) is 22.0 Å². The minimum atomic E-state index is -0.244. The van der Waals surface area contributed by atoms with Gasteiger partial charge in [-0.3, -0.25) is 4.79 Å². The number of carbonyl (C=O) groups is 1. The third-order valence-electron chi connectivity index (χ3n) is 4.88. The molecule has 0 bridgehead atoms. The fraction of sp³-hybridized carbons (Fsp3) is 0.0833. The summed E-state index contributed by atoms with van der Waals surface area (Å²) in [5, 5.41) is 5.30. The number of rotatable bonds is 5. The second kappa shape index (κ2) is 8.02. The normalized spacial score (nSPS) is 11.6. The largest absolute Gasteiger partial charge is 0.399 e. The summed E-state index contributed by atoms with van der Waals surface area (Å²) in [5.41, 5.74) is 13.5. The summed E-state index contributed by atoms with van der Waals surface area (Å²) in [4.78, 5) is 13.0. The van der Waals surface area contributed by atoms with Gasteiger partial charge >= 0.3 is 0 Å². The zero-order valence-electron chi connectivity index (χ0n) is 16.2. The van der Waals surface area contributed by atoms with Crippen LogP contribution in [0.3, 0.4) is 0 Å². The van der Waals surface area contributed by atoms with Gasteiger partial charge in [-0.25, -0.2) is 5.43 Å². The second-order valence-corrected chi connectivity index (χ2v) is 6.92. The molecular formula is C24H22N4O. The maximum atomic E-state index is 13.0. The highest BCUT2D eigenvalue weighted by atomic mass is 16.2. The van der Waals surface area contributed by atoms with E-state index >= 15 is 0 Å². The van der Waals surface area contributed by atoms with Crippen molar-refractivity contribution in [3.05, 3.63) is 102 Å². The number of amides is 1. The monoisotopic (exact) mass is 382 g/mol. The SMILES string of the molecule is CC(=NNC(=O)c1cc2ccccc2n1Cc1ccccc1)c1ccc(N)cc1. The molecule has 3 N–H and O–H groups in total. The van der Waals surface area contributed by atoms with Crippen LogP contribution in [-0.2, 0) is 6.54 Å². The summed E-state index contributed by atoms with van der Waals surface area (Å²) >= 11 is 0. The van der Waals surface area contributed by atoms with Crippen molar-refractivity contribution >= 4 is 28.2 Å². The highest BCUT2D eigenvalue weighted by Crippen LogP contribution is 2.21. The molecule has 1 amide bonds. The van der Waals surface area contributed by atoms with Gasteiger partial charge in [0.25, 0.3) is 5.91 Å². The summed E-state index contributed by atoms with van der Waals surface area (Å²) in [6.45, 7) is 2.46. The van der Waals surface area contributed by atoms with Gasteiger partial charge in [-0.1, -0.05) is 60.7 Å². The standard InChI is InChI=1S/C24H22N4O/c1-17(19-11-13-21(25)14-12-19)26-27-24(29)23-15-20-9-5-6-10-22(20)28(23)16-18-7-3-2-4-8-18/h2-15H,16,25H2,1H3,(H,27,29). The van der Waals surface area contributed by atoms with E-state index < -0.39 is 0 Å². The lowest BCUT2D eigenvalue weighted by Crippen LogP contribution is -2.23. The molecule has 0 radical (unpaired) electrons. The third-order valence-corrected chi connectivity index (χ3v) is 4.88. The molecule has 0 fully saturated rings. The lowest BCUT2D eigenvalue weighted by molar-refractivity contribution is 0.0946. The predicted molar refractivity (Wildman–Crippen MR) is 118 cm³/mol. The molecule has 1 heterocycles. The van der Waals surface area contributed by atoms with E-state index in [-0.39, 0.29) is 5.91 Å². The first-order valence-corrected chi connectivity index (χ1v) is 9.44. The Kier molecular flexibility index (Phi) is 5.12. The van der Waals surface area contributed by atoms with Crippen LogP contribution in [0.15, 0.2) is 90.0 Å². The van der Waals surface area contributed by atoms with Crippen LogP contribution in [0.25, 0.3) is 10.9 Å². The van der Waals surface area contributed by atoms with E-state index in [2.05, 4.69) is 22.7 Å². The van der Waals surface area contributed by atoms with Crippen LogP contribution >= 0.6 is 0 Å². The van der Waals surface area contributed by atoms with Gasteiger partial charge in [-0.15, -0.1) is 0 Å². The number of nitrogen functional groups attached to an aromatic ring is 1. The van der Waals surface area contributed by atoms with Crippen molar-refractivity contribution < 1.29 is 4.79 Å². The molecule has 5 heteroatoms. The zero-order valence-corrected chi connectivity index (χ0v) is 16.2. The van der Waals surface area contributed by atoms with Crippen molar-refractivity contribution in [2.24, 2.45) is 5.10 Å². The minimum Gasteiger partial charge on any atom is -0.399 e. The molecule has 1 aromatic heterocycles. The highest BCUT2D eigenvalue weighted by molar-refractivity contribution is 6.02. The third kappa shape index (κ3) is 4.04. The molecule has 0 aliphatic rings. The first-order chi connectivity index (χ1) is 14.1. The Morgan fingerprint density at radius 2 is 1.66 bits per heavy atom. The summed E-state index contributed by atoms with van der Waals surface area (Å²) < 4.78 is 2.02. The molecule has 0 unspecified atom stereocenters. The summed E-state index contributed by atoms with van der Waals surface area (Å²) in [7, 11) is 0. The average molecular weight is 382 g/mol. The number of hydrogen-bond donors (Lipinski definition) is 2. The van der Waals surface area contributed by atoms with Crippen molar-refractivity contribution in [3.63, 3.8) is 0 Å². The van der Waals surface area contributed by atoms with E-state index in [0.29, 0.717) is 23.6 Å². The first kappa shape index (κ1) is 18.5. The van der Waals surface area contributed by atoms with Crippen LogP contribution in [0, 0.1) is 0 Å². The van der Waals surface area contributed by atoms with Crippen molar-refractivity contribution in [2.75, 3.05) is 5.73 Å². The summed E-state index contributed by atoms with van der Waals surface area (Å²) in [6.07, 6.45) is 0. The van der Waals surface area contributed by atoms with Crippen LogP contribution in [0.4, 0.5) is 5.69 Å². The molecule has 0 saturated carbocycles. The molecule has 0 atom stereocenters. The van der Waals surface area contributed by atoms with Crippen LogP contribution in [0.2, 0.25) is 0 Å². The summed E-state index contributed by atoms with van der Waals surface area (Å²) in [5.74, 6) is -0.244. The van der Waals surface area contributed by atoms with E-state index in [1.54, 1.807) is 0 Å². The molecule has 5 nitrogen and oxygen atoms in total. The Labute approximate surface area is 169 Å². The number of nitrogens with zero attached hydrogens (tertiary/aromatic N) is 2. The molecule has 0 saturated heterocycles. The zero-order chi connectivity index (χ0) is 20.2. The van der Waals surface area contributed by atoms with Crippen molar-refractivity contribution in [1.29, 1.82) is 0 Å². The fourth-order valence-electron chi connectivity index (χ4n) is 3.32. The number of carbonyl (C=O) groups excluding carboxylic acids is 1. The van der Waals surface area contributed by atoms with Crippen LogP contribution in [0.1, 0.15) is 28.5 Å². The van der Waals surface area contributed by atoms with Gasteiger partial charge in [-0.05, 0) is 42.3 Å². The number of para-hydroxylation sites is 1. The Bertz CT molecular complexity index is 1170. The average Bonchev–Trinajstić information content (AvgIpc) is 3.11. The molecule has 0 aliphatic heterocycles. The Hall–Kier alpha value is -3.86. The molecule has 4 rings (SSSR count). The van der Waals surface area contributed by atoms with Gasteiger partial charge in [0, 0.05) is 23.1 Å². The number of nitrogens with two attached hydrogens (primary N) is 1. The molecule has 29 heavy (non-hydrogen) atoms. The maximum Gasteiger partial charge on any atom is 0.288 e. The Morgan fingerprint density at radius 1 is 0.966 bits per heavy atom. The molecule has 4 aromatic rings. The number of fused-ring (bicyclic) bond motifs is 1. The molecular weight excluding hydrogens is 360 g/mol. The smallest absolute Gasteiger partial charge is 0.288 e. The second-order valence-electron chi connectivity index (χ2n) is 6.92. The van der Waals surface area contributed by atoms with E-state index in [4.69, 9.17) is 5.73 Å². The Balaban J connectivity index is 1.64. The number of aromatic nitrogens is 1. The molecule has 3 aromatic carbocycles. The van der Waals surface area contributed by atoms with Crippen LogP contribution in [0.5, 0.6) is 0 Å². The molecule has 0 aliphatic carbocycles. The van der Waals surface area contributed by atoms with Gasteiger partial charge in [0.05, 0.1) is 5.71 Å². The van der Waals surface area contributed by atoms with Crippen LogP contribution < -0.4 is 11.2 Å². The molecule has 144 valence electrons. The fourth-order valence-corrected chi connectivity index (χ4v) is 3.32. The topological polar surface area (TPSA) is 72.4 Å². The first-order valence-electron chi connectivity index (χ1n) is 9.44. The highest BCUT2D eigenvalue weighted by Gasteiger charge is 2.15. The van der Waals surface area contributed by atoms with Gasteiger partial charge < -0.3 is 10.3 Å². The van der Waals surface area contributed by atoms with Gasteiger partial charge in [0.2, 0.25) is 0 Å².